The molecule has 0 unspecified atom stereocenters. The lowest BCUT2D eigenvalue weighted by atomic mass is 10.3. The zero-order valence-electron chi connectivity index (χ0n) is 10.8. The van der Waals surface area contributed by atoms with Crippen LogP contribution in [0.1, 0.15) is 22.2 Å². The van der Waals surface area contributed by atoms with E-state index in [-0.39, 0.29) is 5.82 Å². The molecule has 0 saturated carbocycles. The lowest BCUT2D eigenvalue weighted by Gasteiger charge is -2.06. The summed E-state index contributed by atoms with van der Waals surface area (Å²) in [4.78, 5) is 13.0. The fourth-order valence-electron chi connectivity index (χ4n) is 1.61. The minimum Gasteiger partial charge on any atom is -0.462 e. The van der Waals surface area contributed by atoms with E-state index in [0.29, 0.717) is 23.7 Å². The quantitative estimate of drug-likeness (QED) is 0.794. The van der Waals surface area contributed by atoms with Gasteiger partial charge in [0, 0.05) is 11.4 Å². The molecule has 8 heteroatoms. The molecule has 20 heavy (non-hydrogen) atoms. The van der Waals surface area contributed by atoms with Gasteiger partial charge in [0.05, 0.1) is 10.9 Å². The molecule has 2 rings (SSSR count). The average molecular weight is 332 g/mol. The molecule has 108 valence electrons. The number of nitrogens with zero attached hydrogens (tertiary/aromatic N) is 1. The van der Waals surface area contributed by atoms with Crippen LogP contribution in [0.15, 0.2) is 12.1 Å². The average Bonchev–Trinajstić information content (AvgIpc) is 2.97. The molecule has 0 aliphatic heterocycles. The lowest BCUT2D eigenvalue weighted by Crippen LogP contribution is -2.11. The number of nitrogens with one attached hydrogen (secondary N) is 1. The summed E-state index contributed by atoms with van der Waals surface area (Å²) in [6, 6.07) is 3.86. The van der Waals surface area contributed by atoms with Crippen molar-refractivity contribution >= 4 is 51.3 Å². The van der Waals surface area contributed by atoms with Gasteiger partial charge in [0.25, 0.3) is 0 Å². The van der Waals surface area contributed by atoms with Crippen molar-refractivity contribution in [2.45, 2.75) is 13.3 Å². The van der Waals surface area contributed by atoms with Crippen LogP contribution >= 0.6 is 34.5 Å². The summed E-state index contributed by atoms with van der Waals surface area (Å²) in [5.41, 5.74) is 6.02. The van der Waals surface area contributed by atoms with Crippen molar-refractivity contribution in [2.24, 2.45) is 0 Å². The Labute approximate surface area is 129 Å². The number of anilines is 2. The summed E-state index contributed by atoms with van der Waals surface area (Å²) >= 11 is 8.58. The first-order valence-corrected chi connectivity index (χ1v) is 7.99. The second kappa shape index (κ2) is 6.92. The van der Waals surface area contributed by atoms with E-state index in [1.807, 2.05) is 12.1 Å². The topological polar surface area (TPSA) is 77.2 Å². The molecule has 0 aliphatic carbocycles. The first kappa shape index (κ1) is 15.1. The van der Waals surface area contributed by atoms with E-state index < -0.39 is 5.97 Å². The fraction of sp³-hybridized carbons (Fsp3) is 0.333. The number of hydrogen-bond acceptors (Lipinski definition) is 7. The number of halogens is 1. The van der Waals surface area contributed by atoms with Crippen molar-refractivity contribution in [1.82, 2.24) is 4.37 Å². The molecule has 0 aromatic carbocycles. The van der Waals surface area contributed by atoms with E-state index in [1.54, 1.807) is 18.3 Å². The van der Waals surface area contributed by atoms with Crippen molar-refractivity contribution in [3.63, 3.8) is 0 Å². The number of carbonyl (C=O) groups excluding carboxylic acids is 1. The molecule has 0 spiro atoms. The molecule has 2 aromatic rings. The van der Waals surface area contributed by atoms with Crippen LogP contribution in [0, 0.1) is 0 Å². The highest BCUT2D eigenvalue weighted by molar-refractivity contribution is 7.16. The molecular formula is C12H14ClN3O2S2. The molecular weight excluding hydrogens is 318 g/mol. The largest absolute Gasteiger partial charge is 0.462 e. The molecule has 2 aromatic heterocycles. The Kier molecular flexibility index (Phi) is 5.22. The van der Waals surface area contributed by atoms with Gasteiger partial charge in [-0.25, -0.2) is 4.79 Å². The zero-order valence-corrected chi connectivity index (χ0v) is 13.2. The molecule has 2 heterocycles. The summed E-state index contributed by atoms with van der Waals surface area (Å²) in [5, 5.41) is 3.81. The SMILES string of the molecule is CCOC(=O)c1c(N)nsc1NCCc1ccc(Cl)s1. The second-order valence-corrected chi connectivity index (χ2v) is 6.45. The maximum absolute atomic E-state index is 11.8. The number of nitrogen functional groups attached to an aromatic ring is 1. The smallest absolute Gasteiger partial charge is 0.344 e. The summed E-state index contributed by atoms with van der Waals surface area (Å²) in [6.07, 6.45) is 0.817. The minimum atomic E-state index is -0.444. The van der Waals surface area contributed by atoms with Gasteiger partial charge in [-0.05, 0) is 37.0 Å². The maximum Gasteiger partial charge on any atom is 0.344 e. The number of carbonyl (C=O) groups is 1. The normalized spacial score (nSPS) is 10.5. The molecule has 3 N–H and O–H groups in total. The standard InChI is InChI=1S/C12H14ClN3O2S2/c1-2-18-12(17)9-10(14)16-20-11(9)15-6-5-7-3-4-8(13)19-7/h3-4,15H,2,5-6H2,1H3,(H2,14,16). The van der Waals surface area contributed by atoms with Gasteiger partial charge in [0.1, 0.15) is 10.6 Å². The van der Waals surface area contributed by atoms with Crippen molar-refractivity contribution < 1.29 is 9.53 Å². The number of ether oxygens (including phenoxy) is 1. The Morgan fingerprint density at radius 3 is 3.00 bits per heavy atom. The van der Waals surface area contributed by atoms with Gasteiger partial charge in [-0.15, -0.1) is 11.3 Å². The second-order valence-electron chi connectivity index (χ2n) is 3.88. The van der Waals surface area contributed by atoms with Crippen molar-refractivity contribution in [1.29, 1.82) is 0 Å². The van der Waals surface area contributed by atoms with Crippen molar-refractivity contribution in [3.05, 3.63) is 26.9 Å². The van der Waals surface area contributed by atoms with Crippen LogP contribution in [0.5, 0.6) is 0 Å². The van der Waals surface area contributed by atoms with Crippen LogP contribution in [0.4, 0.5) is 10.8 Å². The molecule has 0 radical (unpaired) electrons. The van der Waals surface area contributed by atoms with Gasteiger partial charge in [0.15, 0.2) is 5.82 Å². The Morgan fingerprint density at radius 2 is 2.35 bits per heavy atom. The number of thiophene rings is 1. The lowest BCUT2D eigenvalue weighted by molar-refractivity contribution is 0.0529. The number of hydrogen-bond donors (Lipinski definition) is 2. The molecule has 0 bridgehead atoms. The Bertz CT molecular complexity index is 597. The van der Waals surface area contributed by atoms with Crippen LogP contribution in [0.3, 0.4) is 0 Å². The number of aromatic nitrogens is 1. The van der Waals surface area contributed by atoms with Gasteiger partial charge in [0.2, 0.25) is 0 Å². The monoisotopic (exact) mass is 331 g/mol. The van der Waals surface area contributed by atoms with Gasteiger partial charge >= 0.3 is 5.97 Å². The van der Waals surface area contributed by atoms with E-state index in [9.17, 15) is 4.79 Å². The van der Waals surface area contributed by atoms with Crippen LogP contribution in [-0.4, -0.2) is 23.5 Å². The first-order chi connectivity index (χ1) is 9.61. The number of rotatable bonds is 6. The summed E-state index contributed by atoms with van der Waals surface area (Å²) in [5.74, 6) is -0.240. The van der Waals surface area contributed by atoms with Crippen LogP contribution < -0.4 is 11.1 Å². The third-order valence-electron chi connectivity index (χ3n) is 2.48. The predicted octanol–water partition coefficient (Wildman–Crippen LogP) is 3.27. The molecule has 0 aliphatic rings. The Hall–Kier alpha value is -1.31. The Balaban J connectivity index is 1.97. The predicted molar refractivity (Wildman–Crippen MR) is 84.0 cm³/mol. The van der Waals surface area contributed by atoms with E-state index in [2.05, 4.69) is 9.69 Å². The van der Waals surface area contributed by atoms with E-state index >= 15 is 0 Å². The molecule has 0 saturated heterocycles. The van der Waals surface area contributed by atoms with E-state index in [0.717, 1.165) is 22.3 Å². The van der Waals surface area contributed by atoms with Gasteiger partial charge in [-0.1, -0.05) is 11.6 Å². The molecule has 0 amide bonds. The van der Waals surface area contributed by atoms with Crippen molar-refractivity contribution in [3.8, 4) is 0 Å². The molecule has 0 atom stereocenters. The van der Waals surface area contributed by atoms with Gasteiger partial charge < -0.3 is 15.8 Å². The summed E-state index contributed by atoms with van der Waals surface area (Å²) in [7, 11) is 0. The van der Waals surface area contributed by atoms with E-state index in [1.165, 1.54) is 4.88 Å². The van der Waals surface area contributed by atoms with Crippen LogP contribution in [0.25, 0.3) is 0 Å². The van der Waals surface area contributed by atoms with Crippen LogP contribution in [0.2, 0.25) is 4.34 Å². The highest BCUT2D eigenvalue weighted by Gasteiger charge is 2.20. The van der Waals surface area contributed by atoms with Gasteiger partial charge in [-0.2, -0.15) is 4.37 Å². The third kappa shape index (κ3) is 3.62. The minimum absolute atomic E-state index is 0.204. The summed E-state index contributed by atoms with van der Waals surface area (Å²) < 4.78 is 9.73. The summed E-state index contributed by atoms with van der Waals surface area (Å²) in [6.45, 7) is 2.73. The molecule has 0 fully saturated rings. The zero-order chi connectivity index (χ0) is 14.5. The number of nitrogens with two attached hydrogens (primary N) is 1. The number of esters is 1. The maximum atomic E-state index is 11.8. The molecule has 5 nitrogen and oxygen atoms in total. The Morgan fingerprint density at radius 1 is 1.55 bits per heavy atom. The highest BCUT2D eigenvalue weighted by Crippen LogP contribution is 2.28. The fourth-order valence-corrected chi connectivity index (χ4v) is 3.42. The highest BCUT2D eigenvalue weighted by atomic mass is 35.5. The van der Waals surface area contributed by atoms with Crippen LogP contribution in [-0.2, 0) is 11.2 Å². The first-order valence-electron chi connectivity index (χ1n) is 6.02. The third-order valence-corrected chi connectivity index (χ3v) is 4.59. The van der Waals surface area contributed by atoms with Gasteiger partial charge in [-0.3, -0.25) is 0 Å². The van der Waals surface area contributed by atoms with Crippen molar-refractivity contribution in [2.75, 3.05) is 24.2 Å². The van der Waals surface area contributed by atoms with E-state index in [4.69, 9.17) is 22.1 Å².